The van der Waals surface area contributed by atoms with Crippen molar-refractivity contribution in [1.29, 1.82) is 0 Å². The molecule has 1 aliphatic carbocycles. The van der Waals surface area contributed by atoms with Crippen LogP contribution in [0, 0.1) is 19.8 Å². The lowest BCUT2D eigenvalue weighted by Crippen LogP contribution is -2.47. The highest BCUT2D eigenvalue weighted by atomic mass is 16.4. The third-order valence-corrected chi connectivity index (χ3v) is 5.05. The van der Waals surface area contributed by atoms with Crippen molar-refractivity contribution in [2.24, 2.45) is 5.92 Å². The Kier molecular flexibility index (Phi) is 3.93. The van der Waals surface area contributed by atoms with Crippen molar-refractivity contribution >= 4 is 11.9 Å². The molecule has 0 bridgehead atoms. The van der Waals surface area contributed by atoms with Crippen LogP contribution in [0.15, 0.2) is 6.07 Å². The number of amides is 1. The van der Waals surface area contributed by atoms with E-state index < -0.39 is 12.0 Å². The van der Waals surface area contributed by atoms with Gasteiger partial charge in [-0.15, -0.1) is 0 Å². The molecule has 120 valence electrons. The van der Waals surface area contributed by atoms with Crippen LogP contribution >= 0.6 is 0 Å². The Morgan fingerprint density at radius 1 is 1.32 bits per heavy atom. The summed E-state index contributed by atoms with van der Waals surface area (Å²) in [5, 5.41) is 13.8. The number of aryl methyl sites for hydroxylation is 2. The van der Waals surface area contributed by atoms with E-state index in [4.69, 9.17) is 0 Å². The number of hydrogen-bond donors (Lipinski definition) is 1. The van der Waals surface area contributed by atoms with E-state index >= 15 is 0 Å². The fraction of sp³-hybridized carbons (Fsp3) is 0.688. The molecule has 6 nitrogen and oxygen atoms in total. The van der Waals surface area contributed by atoms with Gasteiger partial charge in [-0.05, 0) is 45.1 Å². The number of rotatable bonds is 3. The van der Waals surface area contributed by atoms with Crippen LogP contribution in [-0.2, 0) is 16.1 Å². The van der Waals surface area contributed by atoms with E-state index in [1.807, 2.05) is 19.9 Å². The molecule has 1 aliphatic heterocycles. The third-order valence-electron chi connectivity index (χ3n) is 5.05. The Morgan fingerprint density at radius 2 is 2.05 bits per heavy atom. The average molecular weight is 305 g/mol. The molecule has 1 aromatic rings. The van der Waals surface area contributed by atoms with E-state index in [1.54, 1.807) is 9.58 Å². The van der Waals surface area contributed by atoms with Crippen molar-refractivity contribution in [2.75, 3.05) is 0 Å². The summed E-state index contributed by atoms with van der Waals surface area (Å²) >= 11 is 0. The first-order valence-electron chi connectivity index (χ1n) is 8.02. The maximum Gasteiger partial charge on any atom is 0.326 e. The minimum Gasteiger partial charge on any atom is -0.480 e. The predicted octanol–water partition coefficient (Wildman–Crippen LogP) is 1.74. The lowest BCUT2D eigenvalue weighted by molar-refractivity contribution is -0.150. The van der Waals surface area contributed by atoms with Crippen LogP contribution in [0.1, 0.15) is 43.5 Å². The summed E-state index contributed by atoms with van der Waals surface area (Å²) in [7, 11) is 0. The second kappa shape index (κ2) is 5.74. The molecule has 1 saturated heterocycles. The molecular weight excluding hydrogens is 282 g/mol. The zero-order chi connectivity index (χ0) is 15.9. The minimum atomic E-state index is -0.879. The van der Waals surface area contributed by atoms with E-state index in [9.17, 15) is 14.7 Å². The zero-order valence-corrected chi connectivity index (χ0v) is 13.2. The van der Waals surface area contributed by atoms with Gasteiger partial charge in [-0.1, -0.05) is 12.8 Å². The molecule has 1 amide bonds. The number of fused-ring (bicyclic) bond motifs is 1. The summed E-state index contributed by atoms with van der Waals surface area (Å²) in [6, 6.07) is 1.35. The number of aromatic nitrogens is 2. The molecule has 6 heteroatoms. The Balaban J connectivity index is 1.81. The molecule has 0 unspecified atom stereocenters. The first-order valence-corrected chi connectivity index (χ1v) is 8.02. The number of hydrogen-bond acceptors (Lipinski definition) is 3. The molecule has 0 spiro atoms. The smallest absolute Gasteiger partial charge is 0.326 e. The van der Waals surface area contributed by atoms with Crippen molar-refractivity contribution < 1.29 is 14.7 Å². The second-order valence-corrected chi connectivity index (χ2v) is 6.59. The van der Waals surface area contributed by atoms with Gasteiger partial charge in [-0.3, -0.25) is 9.48 Å². The van der Waals surface area contributed by atoms with Gasteiger partial charge in [-0.2, -0.15) is 5.10 Å². The number of carboxylic acids is 1. The van der Waals surface area contributed by atoms with Crippen LogP contribution in [0.2, 0.25) is 0 Å². The molecule has 0 aromatic carbocycles. The summed E-state index contributed by atoms with van der Waals surface area (Å²) < 4.78 is 1.67. The van der Waals surface area contributed by atoms with Crippen LogP contribution in [0.3, 0.4) is 0 Å². The Bertz CT molecular complexity index is 595. The Labute approximate surface area is 130 Å². The third kappa shape index (κ3) is 2.62. The lowest BCUT2D eigenvalue weighted by Gasteiger charge is -2.33. The molecule has 22 heavy (non-hydrogen) atoms. The Hall–Kier alpha value is -1.85. The zero-order valence-electron chi connectivity index (χ0n) is 13.2. The van der Waals surface area contributed by atoms with Crippen molar-refractivity contribution in [3.8, 4) is 0 Å². The van der Waals surface area contributed by atoms with E-state index in [0.29, 0.717) is 12.3 Å². The normalized spacial score (nSPS) is 27.7. The summed E-state index contributed by atoms with van der Waals surface area (Å²) in [6.07, 6.45) is 4.79. The first kappa shape index (κ1) is 15.1. The van der Waals surface area contributed by atoms with Gasteiger partial charge in [0.2, 0.25) is 5.91 Å². The number of aliphatic carboxylic acids is 1. The van der Waals surface area contributed by atoms with Crippen molar-refractivity contribution in [2.45, 2.75) is 64.6 Å². The van der Waals surface area contributed by atoms with E-state index in [1.165, 1.54) is 0 Å². The van der Waals surface area contributed by atoms with Gasteiger partial charge in [0, 0.05) is 11.7 Å². The molecule has 0 radical (unpaired) electrons. The van der Waals surface area contributed by atoms with E-state index in [2.05, 4.69) is 5.10 Å². The van der Waals surface area contributed by atoms with Crippen LogP contribution in [0.5, 0.6) is 0 Å². The quantitative estimate of drug-likeness (QED) is 0.923. The molecule has 1 aromatic heterocycles. The number of likely N-dealkylation sites (tertiary alicyclic amines) is 1. The van der Waals surface area contributed by atoms with Crippen LogP contribution < -0.4 is 0 Å². The highest BCUT2D eigenvalue weighted by Gasteiger charge is 2.47. The highest BCUT2D eigenvalue weighted by molar-refractivity contribution is 5.84. The molecule has 1 saturated carbocycles. The monoisotopic (exact) mass is 305 g/mol. The summed E-state index contributed by atoms with van der Waals surface area (Å²) in [6.45, 7) is 3.93. The minimum absolute atomic E-state index is 0.0966. The predicted molar refractivity (Wildman–Crippen MR) is 80.3 cm³/mol. The topological polar surface area (TPSA) is 75.4 Å². The fourth-order valence-electron chi connectivity index (χ4n) is 4.08. The fourth-order valence-corrected chi connectivity index (χ4v) is 4.08. The summed E-state index contributed by atoms with van der Waals surface area (Å²) in [5.41, 5.74) is 1.80. The molecule has 3 rings (SSSR count). The van der Waals surface area contributed by atoms with Gasteiger partial charge in [0.1, 0.15) is 12.6 Å². The molecule has 3 atom stereocenters. The van der Waals surface area contributed by atoms with Gasteiger partial charge < -0.3 is 10.0 Å². The van der Waals surface area contributed by atoms with Crippen LogP contribution in [0.4, 0.5) is 0 Å². The first-order chi connectivity index (χ1) is 10.5. The van der Waals surface area contributed by atoms with E-state index in [-0.39, 0.29) is 18.5 Å². The average Bonchev–Trinajstić information content (AvgIpc) is 2.99. The Morgan fingerprint density at radius 3 is 2.68 bits per heavy atom. The molecule has 1 N–H and O–H groups in total. The number of carbonyl (C=O) groups is 2. The number of nitrogens with zero attached hydrogens (tertiary/aromatic N) is 3. The highest BCUT2D eigenvalue weighted by Crippen LogP contribution is 2.39. The second-order valence-electron chi connectivity index (χ2n) is 6.59. The van der Waals surface area contributed by atoms with Gasteiger partial charge in [0.15, 0.2) is 0 Å². The van der Waals surface area contributed by atoms with Gasteiger partial charge in [-0.25, -0.2) is 4.79 Å². The molecular formula is C16H23N3O3. The van der Waals surface area contributed by atoms with Gasteiger partial charge >= 0.3 is 5.97 Å². The van der Waals surface area contributed by atoms with Crippen molar-refractivity contribution in [3.05, 3.63) is 17.5 Å². The van der Waals surface area contributed by atoms with Gasteiger partial charge in [0.05, 0.1) is 5.69 Å². The number of carboxylic acid groups (broad SMARTS) is 1. The largest absolute Gasteiger partial charge is 0.480 e. The molecule has 2 heterocycles. The van der Waals surface area contributed by atoms with Crippen molar-refractivity contribution in [1.82, 2.24) is 14.7 Å². The van der Waals surface area contributed by atoms with Gasteiger partial charge in [0.25, 0.3) is 0 Å². The summed E-state index contributed by atoms with van der Waals surface area (Å²) in [5.74, 6) is -0.650. The lowest BCUT2D eigenvalue weighted by atomic mass is 9.85. The number of carbonyl (C=O) groups excluding carboxylic acids is 1. The summed E-state index contributed by atoms with van der Waals surface area (Å²) in [4.78, 5) is 26.0. The molecule has 2 aliphatic rings. The van der Waals surface area contributed by atoms with E-state index in [0.717, 1.165) is 37.1 Å². The standard InChI is InChI=1S/C16H23N3O3/c1-10-7-11(2)18(17-10)9-15(20)19-13-6-4-3-5-12(13)8-14(19)16(21)22/h7,12-14H,3-6,8-9H2,1-2H3,(H,21,22)/t12-,13-,14+/m1/s1. The van der Waals surface area contributed by atoms with Crippen molar-refractivity contribution in [3.63, 3.8) is 0 Å². The van der Waals surface area contributed by atoms with Crippen LogP contribution in [0.25, 0.3) is 0 Å². The SMILES string of the molecule is Cc1cc(C)n(CC(=O)N2[C@@H]3CCCC[C@@H]3C[C@H]2C(=O)O)n1. The van der Waals surface area contributed by atoms with Crippen LogP contribution in [-0.4, -0.2) is 43.7 Å². The molecule has 2 fully saturated rings. The maximum absolute atomic E-state index is 12.7. The maximum atomic E-state index is 12.7.